The molecule has 0 heterocycles. The van der Waals surface area contributed by atoms with Crippen LogP contribution in [0.3, 0.4) is 0 Å². The standard InChI is InChI=1S/C14H19N3O4/c15-11(7-6-10-4-2-1-3-5-10)14(21)17-8-12(18)16-9-13(19)20/h1-5,11H,6-9,15H2,(H,16,18)(H,17,21)(H,19,20)/t11-/m0/s1. The molecule has 0 bridgehead atoms. The molecule has 0 unspecified atom stereocenters. The van der Waals surface area contributed by atoms with Crippen molar-refractivity contribution in [3.8, 4) is 0 Å². The molecule has 1 aromatic carbocycles. The minimum absolute atomic E-state index is 0.287. The molecule has 0 spiro atoms. The summed E-state index contributed by atoms with van der Waals surface area (Å²) in [5.74, 6) is -2.15. The molecule has 0 aliphatic carbocycles. The fourth-order valence-corrected chi connectivity index (χ4v) is 1.63. The first-order valence-electron chi connectivity index (χ1n) is 6.54. The van der Waals surface area contributed by atoms with Crippen molar-refractivity contribution in [3.63, 3.8) is 0 Å². The minimum atomic E-state index is -1.14. The van der Waals surface area contributed by atoms with E-state index in [4.69, 9.17) is 10.8 Å². The van der Waals surface area contributed by atoms with Crippen molar-refractivity contribution in [2.24, 2.45) is 5.73 Å². The predicted molar refractivity (Wildman–Crippen MR) is 76.4 cm³/mol. The first kappa shape index (κ1) is 16.6. The number of rotatable bonds is 8. The molecule has 0 aliphatic rings. The summed E-state index contributed by atoms with van der Waals surface area (Å²) in [4.78, 5) is 33.1. The largest absolute Gasteiger partial charge is 0.480 e. The van der Waals surface area contributed by atoms with Gasteiger partial charge in [-0.25, -0.2) is 0 Å². The van der Waals surface area contributed by atoms with E-state index in [2.05, 4.69) is 10.6 Å². The summed E-state index contributed by atoms with van der Waals surface area (Å²) in [5, 5.41) is 12.9. The van der Waals surface area contributed by atoms with Crippen LogP contribution >= 0.6 is 0 Å². The van der Waals surface area contributed by atoms with Gasteiger partial charge in [-0.15, -0.1) is 0 Å². The van der Waals surface area contributed by atoms with Gasteiger partial charge in [-0.3, -0.25) is 14.4 Å². The van der Waals surface area contributed by atoms with E-state index >= 15 is 0 Å². The lowest BCUT2D eigenvalue weighted by Crippen LogP contribution is -2.45. The monoisotopic (exact) mass is 293 g/mol. The molecule has 21 heavy (non-hydrogen) atoms. The maximum absolute atomic E-state index is 11.7. The summed E-state index contributed by atoms with van der Waals surface area (Å²) in [6.07, 6.45) is 1.13. The second kappa shape index (κ2) is 8.70. The van der Waals surface area contributed by atoms with Crippen molar-refractivity contribution in [2.45, 2.75) is 18.9 Å². The molecule has 2 amide bonds. The molecule has 0 saturated carbocycles. The number of carbonyl (C=O) groups excluding carboxylic acids is 2. The molecule has 0 radical (unpaired) electrons. The van der Waals surface area contributed by atoms with Crippen molar-refractivity contribution in [1.29, 1.82) is 0 Å². The smallest absolute Gasteiger partial charge is 0.322 e. The van der Waals surface area contributed by atoms with Crippen molar-refractivity contribution in [3.05, 3.63) is 35.9 Å². The normalized spacial score (nSPS) is 11.5. The van der Waals surface area contributed by atoms with Crippen LogP contribution in [0.15, 0.2) is 30.3 Å². The molecule has 1 rings (SSSR count). The molecule has 114 valence electrons. The zero-order chi connectivity index (χ0) is 15.7. The van der Waals surface area contributed by atoms with Crippen LogP contribution in [0.2, 0.25) is 0 Å². The Bertz CT molecular complexity index is 490. The summed E-state index contributed by atoms with van der Waals surface area (Å²) < 4.78 is 0. The van der Waals surface area contributed by atoms with Gasteiger partial charge in [0.05, 0.1) is 12.6 Å². The first-order chi connectivity index (χ1) is 9.99. The van der Waals surface area contributed by atoms with Gasteiger partial charge in [0.2, 0.25) is 11.8 Å². The van der Waals surface area contributed by atoms with E-state index in [-0.39, 0.29) is 6.54 Å². The van der Waals surface area contributed by atoms with Gasteiger partial charge in [0.1, 0.15) is 6.54 Å². The predicted octanol–water partition coefficient (Wildman–Crippen LogP) is -0.736. The van der Waals surface area contributed by atoms with Gasteiger partial charge in [0.15, 0.2) is 0 Å². The average molecular weight is 293 g/mol. The lowest BCUT2D eigenvalue weighted by atomic mass is 10.1. The van der Waals surface area contributed by atoms with Crippen LogP contribution in [-0.2, 0) is 20.8 Å². The lowest BCUT2D eigenvalue weighted by molar-refractivity contribution is -0.137. The number of nitrogens with two attached hydrogens (primary N) is 1. The third-order valence-corrected chi connectivity index (χ3v) is 2.78. The number of carbonyl (C=O) groups is 3. The molecule has 5 N–H and O–H groups in total. The molecule has 1 atom stereocenters. The Kier molecular flexibility index (Phi) is 6.90. The Balaban J connectivity index is 2.25. The molecule has 0 aliphatic heterocycles. The molecule has 0 fully saturated rings. The third-order valence-electron chi connectivity index (χ3n) is 2.78. The van der Waals surface area contributed by atoms with Gasteiger partial charge >= 0.3 is 5.97 Å². The highest BCUT2D eigenvalue weighted by Crippen LogP contribution is 2.03. The van der Waals surface area contributed by atoms with Crippen LogP contribution in [0, 0.1) is 0 Å². The molecule has 0 aromatic heterocycles. The quantitative estimate of drug-likeness (QED) is 0.503. The molecular formula is C14H19N3O4. The summed E-state index contributed by atoms with van der Waals surface area (Å²) in [5.41, 5.74) is 6.82. The highest BCUT2D eigenvalue weighted by Gasteiger charge is 2.14. The molecule has 7 nitrogen and oxygen atoms in total. The van der Waals surface area contributed by atoms with E-state index in [1.54, 1.807) is 0 Å². The Morgan fingerprint density at radius 2 is 1.76 bits per heavy atom. The van der Waals surface area contributed by atoms with Crippen LogP contribution in [0.4, 0.5) is 0 Å². The Hall–Kier alpha value is -2.41. The molecular weight excluding hydrogens is 274 g/mol. The number of benzene rings is 1. The Labute approximate surface area is 122 Å². The number of carboxylic acids is 1. The topological polar surface area (TPSA) is 122 Å². The van der Waals surface area contributed by atoms with Crippen LogP contribution in [-0.4, -0.2) is 42.0 Å². The van der Waals surface area contributed by atoms with Gasteiger partial charge in [-0.2, -0.15) is 0 Å². The van der Waals surface area contributed by atoms with E-state index in [0.717, 1.165) is 5.56 Å². The molecule has 7 heteroatoms. The van der Waals surface area contributed by atoms with Crippen LogP contribution in [0.1, 0.15) is 12.0 Å². The number of hydrogen-bond donors (Lipinski definition) is 4. The lowest BCUT2D eigenvalue weighted by Gasteiger charge is -2.12. The van der Waals surface area contributed by atoms with E-state index in [9.17, 15) is 14.4 Å². The summed E-state index contributed by atoms with van der Waals surface area (Å²) in [7, 11) is 0. The van der Waals surface area contributed by atoms with Crippen LogP contribution in [0.5, 0.6) is 0 Å². The number of carboxylic acid groups (broad SMARTS) is 1. The molecule has 0 saturated heterocycles. The Morgan fingerprint density at radius 3 is 2.38 bits per heavy atom. The third kappa shape index (κ3) is 7.07. The zero-order valence-corrected chi connectivity index (χ0v) is 11.5. The fraction of sp³-hybridized carbons (Fsp3) is 0.357. The van der Waals surface area contributed by atoms with Crippen molar-refractivity contribution >= 4 is 17.8 Å². The number of hydrogen-bond acceptors (Lipinski definition) is 4. The SMILES string of the molecule is N[C@@H](CCc1ccccc1)C(=O)NCC(=O)NCC(=O)O. The van der Waals surface area contributed by atoms with Crippen LogP contribution in [0.25, 0.3) is 0 Å². The van der Waals surface area contributed by atoms with E-state index in [0.29, 0.717) is 12.8 Å². The highest BCUT2D eigenvalue weighted by molar-refractivity contribution is 5.88. The average Bonchev–Trinajstić information content (AvgIpc) is 2.49. The zero-order valence-electron chi connectivity index (χ0n) is 11.5. The van der Waals surface area contributed by atoms with E-state index in [1.165, 1.54) is 0 Å². The molecule has 1 aromatic rings. The van der Waals surface area contributed by atoms with Crippen molar-refractivity contribution in [2.75, 3.05) is 13.1 Å². The van der Waals surface area contributed by atoms with Gasteiger partial charge < -0.3 is 21.5 Å². The van der Waals surface area contributed by atoms with Gasteiger partial charge in [0, 0.05) is 0 Å². The maximum atomic E-state index is 11.7. The van der Waals surface area contributed by atoms with Crippen molar-refractivity contribution in [1.82, 2.24) is 10.6 Å². The van der Waals surface area contributed by atoms with E-state index < -0.39 is 30.4 Å². The summed E-state index contributed by atoms with van der Waals surface area (Å²) in [6, 6.07) is 8.92. The summed E-state index contributed by atoms with van der Waals surface area (Å²) in [6.45, 7) is -0.764. The number of nitrogens with one attached hydrogen (secondary N) is 2. The second-order valence-electron chi connectivity index (χ2n) is 4.52. The highest BCUT2D eigenvalue weighted by atomic mass is 16.4. The second-order valence-corrected chi connectivity index (χ2v) is 4.52. The van der Waals surface area contributed by atoms with E-state index in [1.807, 2.05) is 30.3 Å². The fourth-order valence-electron chi connectivity index (χ4n) is 1.63. The minimum Gasteiger partial charge on any atom is -0.480 e. The summed E-state index contributed by atoms with van der Waals surface area (Å²) >= 11 is 0. The Morgan fingerprint density at radius 1 is 1.10 bits per heavy atom. The van der Waals surface area contributed by atoms with Crippen molar-refractivity contribution < 1.29 is 19.5 Å². The van der Waals surface area contributed by atoms with Gasteiger partial charge in [0.25, 0.3) is 0 Å². The number of aryl methyl sites for hydroxylation is 1. The first-order valence-corrected chi connectivity index (χ1v) is 6.54. The van der Waals surface area contributed by atoms with Gasteiger partial charge in [-0.05, 0) is 18.4 Å². The maximum Gasteiger partial charge on any atom is 0.322 e. The number of amides is 2. The number of aliphatic carboxylic acids is 1. The van der Waals surface area contributed by atoms with Gasteiger partial charge in [-0.1, -0.05) is 30.3 Å². The van der Waals surface area contributed by atoms with Crippen LogP contribution < -0.4 is 16.4 Å².